The lowest BCUT2D eigenvalue weighted by Crippen LogP contribution is -2.58. The molecule has 2 rings (SSSR count). The van der Waals surface area contributed by atoms with Crippen LogP contribution in [0.3, 0.4) is 0 Å². The number of non-ortho nitro benzene ring substituents is 1. The lowest BCUT2D eigenvalue weighted by molar-refractivity contribution is -0.385. The molecule has 0 aromatic heterocycles. The molecule has 116 valence electrons. The Morgan fingerprint density at radius 2 is 2.14 bits per heavy atom. The van der Waals surface area contributed by atoms with E-state index in [2.05, 4.69) is 5.32 Å². The molecule has 1 fully saturated rings. The predicted molar refractivity (Wildman–Crippen MR) is 73.9 cm³/mol. The largest absolute Gasteiger partial charge is 0.313 e. The van der Waals surface area contributed by atoms with Gasteiger partial charge >= 0.3 is 0 Å². The van der Waals surface area contributed by atoms with Crippen LogP contribution in [0, 0.1) is 15.9 Å². The van der Waals surface area contributed by atoms with Gasteiger partial charge in [0, 0.05) is 25.7 Å². The molecule has 0 bridgehead atoms. The Balaban J connectivity index is 2.39. The molecule has 21 heavy (non-hydrogen) atoms. The second kappa shape index (κ2) is 6.04. The van der Waals surface area contributed by atoms with E-state index in [1.807, 2.05) is 6.92 Å². The summed E-state index contributed by atoms with van der Waals surface area (Å²) in [4.78, 5) is 9.30. The number of halogens is 1. The summed E-state index contributed by atoms with van der Waals surface area (Å²) in [5, 5.41) is 13.6. The van der Waals surface area contributed by atoms with Crippen molar-refractivity contribution >= 4 is 15.7 Å². The van der Waals surface area contributed by atoms with Gasteiger partial charge in [-0.05, 0) is 12.5 Å². The van der Waals surface area contributed by atoms with Gasteiger partial charge in [0.25, 0.3) is 5.69 Å². The Kier molecular flexibility index (Phi) is 4.55. The van der Waals surface area contributed by atoms with Crippen LogP contribution < -0.4 is 5.32 Å². The normalized spacial score (nSPS) is 16.0. The highest BCUT2D eigenvalue weighted by atomic mass is 32.2. The first-order valence-electron chi connectivity index (χ1n) is 6.54. The number of hydrogen-bond acceptors (Lipinski definition) is 5. The van der Waals surface area contributed by atoms with Crippen molar-refractivity contribution in [2.75, 3.05) is 19.6 Å². The Morgan fingerprint density at radius 3 is 2.57 bits per heavy atom. The van der Waals surface area contributed by atoms with Crippen molar-refractivity contribution in [2.24, 2.45) is 0 Å². The highest BCUT2D eigenvalue weighted by Crippen LogP contribution is 2.25. The smallest absolute Gasteiger partial charge is 0.272 e. The minimum atomic E-state index is -4.00. The van der Waals surface area contributed by atoms with Crippen molar-refractivity contribution in [3.63, 3.8) is 0 Å². The second-order valence-corrected chi connectivity index (χ2v) is 6.66. The van der Waals surface area contributed by atoms with E-state index in [9.17, 15) is 22.9 Å². The molecule has 1 saturated heterocycles. The molecular formula is C12H16FN3O4S. The van der Waals surface area contributed by atoms with Crippen LogP contribution in [0.15, 0.2) is 23.1 Å². The van der Waals surface area contributed by atoms with Crippen LogP contribution in [0.5, 0.6) is 0 Å². The summed E-state index contributed by atoms with van der Waals surface area (Å²) < 4.78 is 40.3. The van der Waals surface area contributed by atoms with Gasteiger partial charge in [0.2, 0.25) is 10.0 Å². The number of nitro benzene ring substituents is 1. The minimum Gasteiger partial charge on any atom is -0.313 e. The lowest BCUT2D eigenvalue weighted by atomic mass is 10.2. The van der Waals surface area contributed by atoms with Gasteiger partial charge in [0.1, 0.15) is 10.7 Å². The van der Waals surface area contributed by atoms with Crippen molar-refractivity contribution in [1.82, 2.24) is 9.62 Å². The zero-order chi connectivity index (χ0) is 15.6. The number of benzene rings is 1. The summed E-state index contributed by atoms with van der Waals surface area (Å²) in [5.74, 6) is -1.10. The minimum absolute atomic E-state index is 0.204. The fourth-order valence-electron chi connectivity index (χ4n) is 2.14. The maximum atomic E-state index is 14.0. The summed E-state index contributed by atoms with van der Waals surface area (Å²) in [7, 11) is -4.00. The van der Waals surface area contributed by atoms with Crippen molar-refractivity contribution in [3.8, 4) is 0 Å². The standard InChI is InChI=1S/C12H16FN3O4S/c1-2-5-15(10-7-14-8-10)21(19,20)12-4-3-9(16(17)18)6-11(12)13/h3-4,6,10,14H,2,5,7-8H2,1H3. The summed E-state index contributed by atoms with van der Waals surface area (Å²) in [6.07, 6.45) is 0.602. The average Bonchev–Trinajstić information content (AvgIpc) is 2.35. The number of sulfonamides is 1. The van der Waals surface area contributed by atoms with Crippen LogP contribution in [-0.4, -0.2) is 43.3 Å². The topological polar surface area (TPSA) is 92.6 Å². The molecule has 7 nitrogen and oxygen atoms in total. The predicted octanol–water partition coefficient (Wildman–Crippen LogP) is 1.11. The Bertz CT molecular complexity index is 646. The molecule has 0 aliphatic carbocycles. The summed E-state index contributed by atoms with van der Waals surface area (Å²) in [5.41, 5.74) is -0.473. The molecule has 0 amide bonds. The third-order valence-corrected chi connectivity index (χ3v) is 5.31. The molecule has 0 unspecified atom stereocenters. The fraction of sp³-hybridized carbons (Fsp3) is 0.500. The first-order chi connectivity index (χ1) is 9.87. The average molecular weight is 317 g/mol. The van der Waals surface area contributed by atoms with Crippen LogP contribution in [0.2, 0.25) is 0 Å². The molecule has 1 N–H and O–H groups in total. The van der Waals surface area contributed by atoms with Gasteiger partial charge in [-0.1, -0.05) is 6.92 Å². The van der Waals surface area contributed by atoms with Crippen LogP contribution in [0.1, 0.15) is 13.3 Å². The van der Waals surface area contributed by atoms with E-state index in [0.29, 0.717) is 25.6 Å². The first kappa shape index (κ1) is 15.8. The number of nitrogens with zero attached hydrogens (tertiary/aromatic N) is 2. The highest BCUT2D eigenvalue weighted by Gasteiger charge is 2.36. The maximum absolute atomic E-state index is 14.0. The van der Waals surface area contributed by atoms with E-state index < -0.39 is 31.3 Å². The van der Waals surface area contributed by atoms with E-state index in [1.165, 1.54) is 4.31 Å². The van der Waals surface area contributed by atoms with Crippen LogP contribution >= 0.6 is 0 Å². The van der Waals surface area contributed by atoms with Crippen LogP contribution in [0.25, 0.3) is 0 Å². The van der Waals surface area contributed by atoms with Gasteiger partial charge in [-0.2, -0.15) is 4.31 Å². The molecule has 1 heterocycles. The number of hydrogen-bond donors (Lipinski definition) is 1. The molecule has 9 heteroatoms. The van der Waals surface area contributed by atoms with E-state index in [1.54, 1.807) is 0 Å². The molecule has 0 radical (unpaired) electrons. The number of nitrogens with one attached hydrogen (secondary N) is 1. The number of nitro groups is 1. The second-order valence-electron chi connectivity index (χ2n) is 4.80. The fourth-order valence-corrected chi connectivity index (χ4v) is 3.90. The molecule has 1 aliphatic heterocycles. The van der Waals surface area contributed by atoms with E-state index in [4.69, 9.17) is 0 Å². The summed E-state index contributed by atoms with van der Waals surface area (Å²) >= 11 is 0. The monoisotopic (exact) mass is 317 g/mol. The third-order valence-electron chi connectivity index (χ3n) is 3.32. The number of rotatable bonds is 6. The molecule has 1 aliphatic rings. The van der Waals surface area contributed by atoms with Crippen molar-refractivity contribution < 1.29 is 17.7 Å². The quantitative estimate of drug-likeness (QED) is 0.626. The van der Waals surface area contributed by atoms with Gasteiger partial charge in [-0.3, -0.25) is 10.1 Å². The van der Waals surface area contributed by atoms with Gasteiger partial charge in [-0.25, -0.2) is 12.8 Å². The molecular weight excluding hydrogens is 301 g/mol. The Morgan fingerprint density at radius 1 is 1.48 bits per heavy atom. The van der Waals surface area contributed by atoms with Gasteiger partial charge < -0.3 is 5.32 Å². The van der Waals surface area contributed by atoms with E-state index >= 15 is 0 Å². The first-order valence-corrected chi connectivity index (χ1v) is 7.98. The zero-order valence-corrected chi connectivity index (χ0v) is 12.3. The molecule has 0 atom stereocenters. The molecule has 1 aromatic carbocycles. The van der Waals surface area contributed by atoms with Gasteiger partial charge in [0.05, 0.1) is 17.0 Å². The van der Waals surface area contributed by atoms with Crippen molar-refractivity contribution in [2.45, 2.75) is 24.3 Å². The zero-order valence-electron chi connectivity index (χ0n) is 11.5. The molecule has 1 aromatic rings. The van der Waals surface area contributed by atoms with E-state index in [0.717, 1.165) is 12.1 Å². The van der Waals surface area contributed by atoms with Gasteiger partial charge in [0.15, 0.2) is 0 Å². The van der Waals surface area contributed by atoms with E-state index in [-0.39, 0.29) is 12.6 Å². The van der Waals surface area contributed by atoms with Gasteiger partial charge in [-0.15, -0.1) is 0 Å². The molecule has 0 spiro atoms. The lowest BCUT2D eigenvalue weighted by Gasteiger charge is -2.37. The Hall–Kier alpha value is -1.58. The Labute approximate surface area is 122 Å². The SMILES string of the molecule is CCCN(C1CNC1)S(=O)(=O)c1ccc([N+](=O)[O-])cc1F. The summed E-state index contributed by atoms with van der Waals surface area (Å²) in [6, 6.07) is 2.39. The highest BCUT2D eigenvalue weighted by molar-refractivity contribution is 7.89. The van der Waals surface area contributed by atoms with Crippen LogP contribution in [0.4, 0.5) is 10.1 Å². The van der Waals surface area contributed by atoms with Crippen molar-refractivity contribution in [1.29, 1.82) is 0 Å². The van der Waals surface area contributed by atoms with Crippen LogP contribution in [-0.2, 0) is 10.0 Å². The summed E-state index contributed by atoms with van der Waals surface area (Å²) in [6.45, 7) is 3.16. The van der Waals surface area contributed by atoms with Crippen molar-refractivity contribution in [3.05, 3.63) is 34.1 Å². The third kappa shape index (κ3) is 3.04. The molecule has 0 saturated carbocycles. The maximum Gasteiger partial charge on any atom is 0.272 e.